The van der Waals surface area contributed by atoms with Gasteiger partial charge in [-0.1, -0.05) is 23.7 Å². The van der Waals surface area contributed by atoms with Crippen molar-refractivity contribution in [2.24, 2.45) is 0 Å². The van der Waals surface area contributed by atoms with E-state index in [1.165, 1.54) is 15.9 Å². The van der Waals surface area contributed by atoms with Crippen molar-refractivity contribution in [3.63, 3.8) is 0 Å². The SMILES string of the molecule is Cc1cccc(N2CCN(S(=O)(=O)c3ccsc3C(=O)Nc3ccc(Cl)cc3)CC2)c1. The Hall–Kier alpha value is -2.39. The lowest BCUT2D eigenvalue weighted by Gasteiger charge is -2.35. The lowest BCUT2D eigenvalue weighted by molar-refractivity contribution is 0.102. The lowest BCUT2D eigenvalue weighted by Crippen LogP contribution is -2.48. The number of thiophene rings is 1. The molecule has 3 aromatic rings. The molecule has 0 unspecified atom stereocenters. The Balaban J connectivity index is 1.48. The van der Waals surface area contributed by atoms with E-state index in [2.05, 4.69) is 16.3 Å². The van der Waals surface area contributed by atoms with E-state index in [1.807, 2.05) is 25.1 Å². The first-order valence-corrected chi connectivity index (χ1v) is 12.5. The summed E-state index contributed by atoms with van der Waals surface area (Å²) < 4.78 is 28.0. The van der Waals surface area contributed by atoms with Crippen molar-refractivity contribution in [1.29, 1.82) is 0 Å². The Labute approximate surface area is 191 Å². The van der Waals surface area contributed by atoms with E-state index in [0.29, 0.717) is 36.9 Å². The smallest absolute Gasteiger partial charge is 0.267 e. The van der Waals surface area contributed by atoms with Crippen LogP contribution in [0.25, 0.3) is 0 Å². The minimum Gasteiger partial charge on any atom is -0.369 e. The molecule has 1 amide bonds. The first-order valence-electron chi connectivity index (χ1n) is 9.81. The summed E-state index contributed by atoms with van der Waals surface area (Å²) in [6.45, 7) is 3.96. The van der Waals surface area contributed by atoms with Crippen LogP contribution >= 0.6 is 22.9 Å². The Bertz CT molecular complexity index is 1180. The minimum absolute atomic E-state index is 0.0490. The first kappa shape index (κ1) is 21.8. The Morgan fingerprint density at radius 2 is 1.74 bits per heavy atom. The van der Waals surface area contributed by atoms with Gasteiger partial charge in [0.1, 0.15) is 9.77 Å². The monoisotopic (exact) mass is 475 g/mol. The van der Waals surface area contributed by atoms with Gasteiger partial charge in [-0.15, -0.1) is 11.3 Å². The molecule has 0 bridgehead atoms. The van der Waals surface area contributed by atoms with Crippen molar-refractivity contribution >= 4 is 50.2 Å². The number of sulfonamides is 1. The highest BCUT2D eigenvalue weighted by atomic mass is 35.5. The number of aryl methyl sites for hydroxylation is 1. The summed E-state index contributed by atoms with van der Waals surface area (Å²) in [6, 6.07) is 16.4. The third kappa shape index (κ3) is 4.77. The number of halogens is 1. The fourth-order valence-corrected chi connectivity index (χ4v) is 6.38. The lowest BCUT2D eigenvalue weighted by atomic mass is 10.2. The van der Waals surface area contributed by atoms with Crippen LogP contribution in [0.2, 0.25) is 5.02 Å². The molecule has 31 heavy (non-hydrogen) atoms. The summed E-state index contributed by atoms with van der Waals surface area (Å²) in [6.07, 6.45) is 0. The van der Waals surface area contributed by atoms with E-state index in [1.54, 1.807) is 29.6 Å². The molecule has 0 saturated carbocycles. The number of hydrogen-bond donors (Lipinski definition) is 1. The van der Waals surface area contributed by atoms with E-state index in [9.17, 15) is 13.2 Å². The fourth-order valence-electron chi connectivity index (χ4n) is 3.54. The fraction of sp³-hybridized carbons (Fsp3) is 0.227. The van der Waals surface area contributed by atoms with Gasteiger partial charge in [-0.25, -0.2) is 8.42 Å². The molecule has 2 aromatic carbocycles. The van der Waals surface area contributed by atoms with E-state index in [4.69, 9.17) is 11.6 Å². The maximum Gasteiger partial charge on any atom is 0.267 e. The molecular formula is C22H22ClN3O3S2. The van der Waals surface area contributed by atoms with Crippen molar-refractivity contribution < 1.29 is 13.2 Å². The largest absolute Gasteiger partial charge is 0.369 e. The third-order valence-electron chi connectivity index (χ3n) is 5.16. The molecule has 162 valence electrons. The van der Waals surface area contributed by atoms with Crippen molar-refractivity contribution in [2.75, 3.05) is 36.4 Å². The Morgan fingerprint density at radius 1 is 1.03 bits per heavy atom. The maximum atomic E-state index is 13.3. The molecule has 0 aliphatic carbocycles. The standard InChI is InChI=1S/C22H22ClN3O3S2/c1-16-3-2-4-19(15-16)25-10-12-26(13-11-25)31(28,29)20-9-14-30-21(20)22(27)24-18-7-5-17(23)6-8-18/h2-9,14-15H,10-13H2,1H3,(H,24,27). The number of nitrogens with zero attached hydrogens (tertiary/aromatic N) is 2. The summed E-state index contributed by atoms with van der Waals surface area (Å²) in [5.41, 5.74) is 2.82. The maximum absolute atomic E-state index is 13.3. The number of amides is 1. The van der Waals surface area contributed by atoms with Crippen LogP contribution in [-0.4, -0.2) is 44.8 Å². The number of rotatable bonds is 5. The summed E-state index contributed by atoms with van der Waals surface area (Å²) in [7, 11) is -3.77. The van der Waals surface area contributed by atoms with Crippen LogP contribution in [0.3, 0.4) is 0 Å². The molecule has 0 atom stereocenters. The van der Waals surface area contributed by atoms with Crippen molar-refractivity contribution in [3.05, 3.63) is 75.4 Å². The average Bonchev–Trinajstić information content (AvgIpc) is 3.27. The van der Waals surface area contributed by atoms with Gasteiger partial charge in [0, 0.05) is 42.6 Å². The van der Waals surface area contributed by atoms with Crippen LogP contribution in [0.5, 0.6) is 0 Å². The minimum atomic E-state index is -3.77. The van der Waals surface area contributed by atoms with E-state index < -0.39 is 15.9 Å². The predicted molar refractivity (Wildman–Crippen MR) is 126 cm³/mol. The van der Waals surface area contributed by atoms with Gasteiger partial charge in [0.05, 0.1) is 0 Å². The molecular weight excluding hydrogens is 454 g/mol. The highest BCUT2D eigenvalue weighted by Crippen LogP contribution is 2.28. The third-order valence-corrected chi connectivity index (χ3v) is 8.40. The zero-order chi connectivity index (χ0) is 22.0. The second-order valence-corrected chi connectivity index (χ2v) is 10.6. The van der Waals surface area contributed by atoms with Crippen LogP contribution in [0.15, 0.2) is 64.9 Å². The summed E-state index contributed by atoms with van der Waals surface area (Å²) in [5, 5.41) is 4.93. The summed E-state index contributed by atoms with van der Waals surface area (Å²) >= 11 is 6.99. The number of piperazine rings is 1. The zero-order valence-electron chi connectivity index (χ0n) is 16.9. The molecule has 0 spiro atoms. The zero-order valence-corrected chi connectivity index (χ0v) is 19.3. The van der Waals surface area contributed by atoms with Gasteiger partial charge in [0.25, 0.3) is 5.91 Å². The molecule has 1 fully saturated rings. The molecule has 4 rings (SSSR count). The van der Waals surface area contributed by atoms with E-state index in [-0.39, 0.29) is 9.77 Å². The Morgan fingerprint density at radius 3 is 2.42 bits per heavy atom. The average molecular weight is 476 g/mol. The van der Waals surface area contributed by atoms with Gasteiger partial charge >= 0.3 is 0 Å². The second kappa shape index (κ2) is 9.00. The molecule has 2 heterocycles. The van der Waals surface area contributed by atoms with Gasteiger partial charge in [0.2, 0.25) is 10.0 Å². The normalized spacial score (nSPS) is 15.1. The number of benzene rings is 2. The van der Waals surface area contributed by atoms with Gasteiger partial charge in [-0.2, -0.15) is 4.31 Å². The summed E-state index contributed by atoms with van der Waals surface area (Å²) in [5.74, 6) is -0.450. The topological polar surface area (TPSA) is 69.7 Å². The number of nitrogens with one attached hydrogen (secondary N) is 1. The van der Waals surface area contributed by atoms with Crippen LogP contribution in [0.4, 0.5) is 11.4 Å². The van der Waals surface area contributed by atoms with Gasteiger partial charge in [-0.3, -0.25) is 4.79 Å². The number of carbonyl (C=O) groups excluding carboxylic acids is 1. The first-order chi connectivity index (χ1) is 14.8. The highest BCUT2D eigenvalue weighted by molar-refractivity contribution is 7.89. The molecule has 9 heteroatoms. The summed E-state index contributed by atoms with van der Waals surface area (Å²) in [4.78, 5) is 15.2. The number of carbonyl (C=O) groups is 1. The van der Waals surface area contributed by atoms with Crippen LogP contribution in [0.1, 0.15) is 15.2 Å². The van der Waals surface area contributed by atoms with Crippen molar-refractivity contribution in [3.8, 4) is 0 Å². The Kier molecular flexibility index (Phi) is 6.34. The molecule has 6 nitrogen and oxygen atoms in total. The van der Waals surface area contributed by atoms with Crippen molar-refractivity contribution in [2.45, 2.75) is 11.8 Å². The molecule has 1 aromatic heterocycles. The van der Waals surface area contributed by atoms with Crippen LogP contribution < -0.4 is 10.2 Å². The van der Waals surface area contributed by atoms with E-state index >= 15 is 0 Å². The van der Waals surface area contributed by atoms with E-state index in [0.717, 1.165) is 17.0 Å². The number of anilines is 2. The van der Waals surface area contributed by atoms with Gasteiger partial charge in [0.15, 0.2) is 0 Å². The highest BCUT2D eigenvalue weighted by Gasteiger charge is 2.32. The van der Waals surface area contributed by atoms with Crippen LogP contribution in [0, 0.1) is 6.92 Å². The predicted octanol–water partition coefficient (Wildman–Crippen LogP) is 4.47. The second-order valence-electron chi connectivity index (χ2n) is 7.31. The quantitative estimate of drug-likeness (QED) is 0.591. The van der Waals surface area contributed by atoms with Crippen LogP contribution in [-0.2, 0) is 10.0 Å². The molecule has 1 aliphatic rings. The van der Waals surface area contributed by atoms with Gasteiger partial charge < -0.3 is 10.2 Å². The molecule has 0 radical (unpaired) electrons. The van der Waals surface area contributed by atoms with Crippen molar-refractivity contribution in [1.82, 2.24) is 4.31 Å². The van der Waals surface area contributed by atoms with Gasteiger partial charge in [-0.05, 0) is 60.3 Å². The molecule has 1 aliphatic heterocycles. The molecule has 1 saturated heterocycles. The molecule has 1 N–H and O–H groups in total. The number of hydrogen-bond acceptors (Lipinski definition) is 5.